The molecule has 0 saturated heterocycles. The van der Waals surface area contributed by atoms with Gasteiger partial charge in [-0.3, -0.25) is 4.79 Å². The van der Waals surface area contributed by atoms with E-state index in [1.165, 1.54) is 11.6 Å². The Morgan fingerprint density at radius 2 is 1.95 bits per heavy atom. The zero-order valence-electron chi connectivity index (χ0n) is 10.2. The second-order valence-corrected chi connectivity index (χ2v) is 5.04. The first-order valence-electron chi connectivity index (χ1n) is 5.67. The lowest BCUT2D eigenvalue weighted by molar-refractivity contribution is 0.0691. The average Bonchev–Trinajstić information content (AvgIpc) is 3.05. The third-order valence-electron chi connectivity index (χ3n) is 2.88. The number of carboxylic acid groups (broad SMARTS) is 1. The molecule has 1 aromatic carbocycles. The number of carbonyl (C=O) groups is 2. The Morgan fingerprint density at radius 1 is 1.24 bits per heavy atom. The number of halogens is 2. The van der Waals surface area contributed by atoms with Crippen molar-refractivity contribution in [1.82, 2.24) is 9.97 Å². The molecule has 0 spiro atoms. The van der Waals surface area contributed by atoms with E-state index in [9.17, 15) is 18.4 Å². The van der Waals surface area contributed by atoms with Crippen molar-refractivity contribution in [1.29, 1.82) is 0 Å². The summed E-state index contributed by atoms with van der Waals surface area (Å²) >= 11 is 0.877. The number of ketones is 1. The number of thiazole rings is 1. The third kappa shape index (κ3) is 2.19. The number of aromatic nitrogens is 2. The maximum Gasteiger partial charge on any atom is 0.355 e. The van der Waals surface area contributed by atoms with E-state index in [-0.39, 0.29) is 27.2 Å². The Balaban J connectivity index is 2.09. The number of aromatic amines is 1. The molecule has 2 aromatic heterocycles. The molecule has 2 heterocycles. The summed E-state index contributed by atoms with van der Waals surface area (Å²) in [7, 11) is 0. The predicted molar refractivity (Wildman–Crippen MR) is 70.7 cm³/mol. The zero-order chi connectivity index (χ0) is 15.1. The highest BCUT2D eigenvalue weighted by Gasteiger charge is 2.20. The minimum Gasteiger partial charge on any atom is -0.476 e. The topological polar surface area (TPSA) is 83.0 Å². The normalized spacial score (nSPS) is 11.0. The van der Waals surface area contributed by atoms with E-state index >= 15 is 0 Å². The number of fused-ring (bicyclic) bond motifs is 1. The summed E-state index contributed by atoms with van der Waals surface area (Å²) in [6.07, 6.45) is 1.31. The lowest BCUT2D eigenvalue weighted by Crippen LogP contribution is -2.02. The Bertz CT molecular complexity index is 885. The highest BCUT2D eigenvalue weighted by Crippen LogP contribution is 2.25. The number of hydrogen-bond acceptors (Lipinski definition) is 4. The van der Waals surface area contributed by atoms with E-state index in [4.69, 9.17) is 5.11 Å². The second-order valence-electron chi connectivity index (χ2n) is 4.19. The predicted octanol–water partition coefficient (Wildman–Crippen LogP) is 2.83. The van der Waals surface area contributed by atoms with Crippen LogP contribution in [0.2, 0.25) is 0 Å². The number of rotatable bonds is 3. The highest BCUT2D eigenvalue weighted by molar-refractivity contribution is 7.12. The van der Waals surface area contributed by atoms with Gasteiger partial charge in [-0.1, -0.05) is 0 Å². The van der Waals surface area contributed by atoms with Crippen LogP contribution in [0.5, 0.6) is 0 Å². The SMILES string of the molecule is O=C(O)c1csc(C(=O)c2c[nH]c3cc(F)c(F)cc23)n1. The molecule has 0 saturated carbocycles. The van der Waals surface area contributed by atoms with Crippen molar-refractivity contribution in [2.75, 3.05) is 0 Å². The van der Waals surface area contributed by atoms with Crippen molar-refractivity contribution in [3.63, 3.8) is 0 Å². The number of nitrogens with one attached hydrogen (secondary N) is 1. The number of benzene rings is 1. The van der Waals surface area contributed by atoms with Gasteiger partial charge in [0.1, 0.15) is 0 Å². The Kier molecular flexibility index (Phi) is 3.02. The van der Waals surface area contributed by atoms with E-state index in [2.05, 4.69) is 9.97 Å². The third-order valence-corrected chi connectivity index (χ3v) is 3.73. The first-order valence-corrected chi connectivity index (χ1v) is 6.55. The minimum atomic E-state index is -1.24. The van der Waals surface area contributed by atoms with E-state index in [1.54, 1.807) is 0 Å². The van der Waals surface area contributed by atoms with Gasteiger partial charge in [-0.2, -0.15) is 0 Å². The molecule has 0 bridgehead atoms. The van der Waals surface area contributed by atoms with Gasteiger partial charge in [-0.15, -0.1) is 11.3 Å². The number of carboxylic acids is 1. The molecule has 21 heavy (non-hydrogen) atoms. The standard InChI is InChI=1S/C13H6F2N2O3S/c14-7-1-5-6(3-16-9(5)2-8(7)15)11(18)12-17-10(4-21-12)13(19)20/h1-4,16H,(H,19,20). The van der Waals surface area contributed by atoms with Crippen LogP contribution in [0.15, 0.2) is 23.7 Å². The van der Waals surface area contributed by atoms with Gasteiger partial charge in [0, 0.05) is 28.5 Å². The fourth-order valence-electron chi connectivity index (χ4n) is 1.90. The molecule has 106 valence electrons. The van der Waals surface area contributed by atoms with Crippen molar-refractivity contribution in [3.8, 4) is 0 Å². The second kappa shape index (κ2) is 4.74. The van der Waals surface area contributed by atoms with Crippen molar-refractivity contribution >= 4 is 34.0 Å². The Hall–Kier alpha value is -2.61. The number of nitrogens with zero attached hydrogens (tertiary/aromatic N) is 1. The quantitative estimate of drug-likeness (QED) is 0.729. The van der Waals surface area contributed by atoms with E-state index < -0.39 is 23.4 Å². The lowest BCUT2D eigenvalue weighted by atomic mass is 10.1. The first kappa shape index (κ1) is 13.4. The van der Waals surface area contributed by atoms with Crippen LogP contribution < -0.4 is 0 Å². The number of aromatic carboxylic acids is 1. The summed E-state index contributed by atoms with van der Waals surface area (Å²) in [6, 6.07) is 1.87. The van der Waals surface area contributed by atoms with E-state index in [1.807, 2.05) is 0 Å². The van der Waals surface area contributed by atoms with Crippen LogP contribution in [-0.4, -0.2) is 26.8 Å². The molecule has 0 radical (unpaired) electrons. The molecule has 0 amide bonds. The number of carbonyl (C=O) groups excluding carboxylic acids is 1. The van der Waals surface area contributed by atoms with Gasteiger partial charge in [0.15, 0.2) is 22.3 Å². The fourth-order valence-corrected chi connectivity index (χ4v) is 2.64. The summed E-state index contributed by atoms with van der Waals surface area (Å²) in [5, 5.41) is 10.2. The van der Waals surface area contributed by atoms with Crippen molar-refractivity contribution in [2.24, 2.45) is 0 Å². The number of hydrogen-bond donors (Lipinski definition) is 2. The van der Waals surface area contributed by atoms with Gasteiger partial charge in [0.25, 0.3) is 0 Å². The van der Waals surface area contributed by atoms with Crippen molar-refractivity contribution < 1.29 is 23.5 Å². The minimum absolute atomic E-state index is 0.0296. The lowest BCUT2D eigenvalue weighted by Gasteiger charge is -1.97. The molecular weight excluding hydrogens is 302 g/mol. The molecule has 0 fully saturated rings. The van der Waals surface area contributed by atoms with Crippen LogP contribution >= 0.6 is 11.3 Å². The molecule has 3 aromatic rings. The molecule has 0 aliphatic carbocycles. The monoisotopic (exact) mass is 308 g/mol. The molecular formula is C13H6F2N2O3S. The van der Waals surface area contributed by atoms with Gasteiger partial charge >= 0.3 is 5.97 Å². The van der Waals surface area contributed by atoms with Crippen LogP contribution in [0.4, 0.5) is 8.78 Å². The molecule has 5 nitrogen and oxygen atoms in total. The van der Waals surface area contributed by atoms with Crippen molar-refractivity contribution in [2.45, 2.75) is 0 Å². The van der Waals surface area contributed by atoms with Crippen LogP contribution in [0, 0.1) is 11.6 Å². The molecule has 0 unspecified atom stereocenters. The smallest absolute Gasteiger partial charge is 0.355 e. The average molecular weight is 308 g/mol. The van der Waals surface area contributed by atoms with Crippen LogP contribution in [0.25, 0.3) is 10.9 Å². The van der Waals surface area contributed by atoms with Gasteiger partial charge in [-0.25, -0.2) is 18.6 Å². The first-order chi connectivity index (χ1) is 9.97. The summed E-state index contributed by atoms with van der Waals surface area (Å²) in [5.74, 6) is -3.88. The Labute approximate surface area is 119 Å². The van der Waals surface area contributed by atoms with Gasteiger partial charge < -0.3 is 10.1 Å². The highest BCUT2D eigenvalue weighted by atomic mass is 32.1. The maximum absolute atomic E-state index is 13.3. The molecule has 2 N–H and O–H groups in total. The van der Waals surface area contributed by atoms with Gasteiger partial charge in [0.05, 0.1) is 5.56 Å². The molecule has 3 rings (SSSR count). The zero-order valence-corrected chi connectivity index (χ0v) is 11.0. The van der Waals surface area contributed by atoms with E-state index in [0.717, 1.165) is 23.5 Å². The maximum atomic E-state index is 13.3. The summed E-state index contributed by atoms with van der Waals surface area (Å²) in [5.41, 5.74) is 0.142. The van der Waals surface area contributed by atoms with Crippen LogP contribution in [0.3, 0.4) is 0 Å². The summed E-state index contributed by atoms with van der Waals surface area (Å²) in [4.78, 5) is 29.4. The molecule has 0 aliphatic heterocycles. The van der Waals surface area contributed by atoms with Gasteiger partial charge in [0.2, 0.25) is 5.78 Å². The fraction of sp³-hybridized carbons (Fsp3) is 0. The largest absolute Gasteiger partial charge is 0.476 e. The number of H-pyrrole nitrogens is 1. The summed E-state index contributed by atoms with van der Waals surface area (Å²) in [6.45, 7) is 0. The van der Waals surface area contributed by atoms with E-state index in [0.29, 0.717) is 0 Å². The van der Waals surface area contributed by atoms with Crippen LogP contribution in [0.1, 0.15) is 25.9 Å². The van der Waals surface area contributed by atoms with Crippen molar-refractivity contribution in [3.05, 3.63) is 51.6 Å². The van der Waals surface area contributed by atoms with Crippen LogP contribution in [-0.2, 0) is 0 Å². The molecule has 0 aliphatic rings. The molecule has 8 heteroatoms. The summed E-state index contributed by atoms with van der Waals surface area (Å²) < 4.78 is 26.4. The Morgan fingerprint density at radius 3 is 2.62 bits per heavy atom. The van der Waals surface area contributed by atoms with Gasteiger partial charge in [-0.05, 0) is 6.07 Å². The molecule has 0 atom stereocenters.